The molecule has 1 aromatic heterocycles. The lowest BCUT2D eigenvalue weighted by molar-refractivity contribution is -0.111. The van der Waals surface area contributed by atoms with Crippen LogP contribution in [0.2, 0.25) is 0 Å². The molecule has 17 heavy (non-hydrogen) atoms. The molecule has 0 saturated carbocycles. The molecule has 6 heteroatoms. The van der Waals surface area contributed by atoms with Crippen molar-refractivity contribution in [1.29, 1.82) is 0 Å². The smallest absolute Gasteiger partial charge is 0.286 e. The molecule has 2 rings (SSSR count). The first-order chi connectivity index (χ1) is 8.20. The Morgan fingerprint density at radius 1 is 1.35 bits per heavy atom. The number of piperidine rings is 1. The molecule has 1 fully saturated rings. The molecule has 1 saturated heterocycles. The number of primary amides is 1. The summed E-state index contributed by atoms with van der Waals surface area (Å²) in [7, 11) is 0. The van der Waals surface area contributed by atoms with Gasteiger partial charge in [0.1, 0.15) is 6.29 Å². The summed E-state index contributed by atoms with van der Waals surface area (Å²) in [5.74, 6) is -0.440. The fraction of sp³-hybridized carbons (Fsp3) is 0.455. The Balaban J connectivity index is 2.03. The molecule has 90 valence electrons. The number of amides is 1. The molecule has 1 aliphatic heterocycles. The van der Waals surface area contributed by atoms with Crippen LogP contribution in [0.4, 0.5) is 5.69 Å². The Labute approximate surface area is 98.8 Å². The minimum atomic E-state index is -0.629. The fourth-order valence-electron chi connectivity index (χ4n) is 1.91. The van der Waals surface area contributed by atoms with Gasteiger partial charge in [-0.2, -0.15) is 0 Å². The van der Waals surface area contributed by atoms with E-state index in [0.717, 1.165) is 37.9 Å². The average Bonchev–Trinajstić information content (AvgIpc) is 2.39. The predicted molar refractivity (Wildman–Crippen MR) is 61.6 cm³/mol. The molecular weight excluding hydrogens is 220 g/mol. The summed E-state index contributed by atoms with van der Waals surface area (Å²) in [5.41, 5.74) is 5.92. The van der Waals surface area contributed by atoms with Crippen LogP contribution in [0.15, 0.2) is 12.4 Å². The molecule has 0 unspecified atom stereocenters. The Morgan fingerprint density at radius 3 is 2.41 bits per heavy atom. The molecule has 0 radical (unpaired) electrons. The zero-order chi connectivity index (χ0) is 12.3. The Morgan fingerprint density at radius 2 is 1.94 bits per heavy atom. The number of anilines is 1. The van der Waals surface area contributed by atoms with Crippen LogP contribution in [0.5, 0.6) is 0 Å². The number of nitrogens with zero attached hydrogens (tertiary/aromatic N) is 3. The molecule has 0 atom stereocenters. The van der Waals surface area contributed by atoms with Crippen molar-refractivity contribution >= 4 is 17.9 Å². The van der Waals surface area contributed by atoms with Crippen molar-refractivity contribution in [2.75, 3.05) is 18.0 Å². The standard InChI is InChI=1S/C11H14N4O2/c12-10(17)11-13-5-9(6-14-11)15-3-1-8(7-16)2-4-15/h5-8H,1-4H2,(H2,12,17). The van der Waals surface area contributed by atoms with Crippen LogP contribution in [0.3, 0.4) is 0 Å². The van der Waals surface area contributed by atoms with Gasteiger partial charge < -0.3 is 15.4 Å². The third-order valence-electron chi connectivity index (χ3n) is 2.96. The van der Waals surface area contributed by atoms with Crippen LogP contribution in [0.1, 0.15) is 23.5 Å². The van der Waals surface area contributed by atoms with Crippen molar-refractivity contribution in [3.8, 4) is 0 Å². The van der Waals surface area contributed by atoms with Gasteiger partial charge in [-0.05, 0) is 12.8 Å². The topological polar surface area (TPSA) is 89.2 Å². The molecule has 2 heterocycles. The summed E-state index contributed by atoms with van der Waals surface area (Å²) in [4.78, 5) is 31.3. The number of hydrogen-bond acceptors (Lipinski definition) is 5. The number of carbonyl (C=O) groups excluding carboxylic acids is 2. The van der Waals surface area contributed by atoms with Gasteiger partial charge in [0.2, 0.25) is 5.82 Å². The quantitative estimate of drug-likeness (QED) is 0.743. The first kappa shape index (κ1) is 11.5. The second-order valence-corrected chi connectivity index (χ2v) is 4.09. The van der Waals surface area contributed by atoms with E-state index < -0.39 is 5.91 Å². The number of carbonyl (C=O) groups is 2. The van der Waals surface area contributed by atoms with E-state index in [1.54, 1.807) is 12.4 Å². The van der Waals surface area contributed by atoms with E-state index in [9.17, 15) is 9.59 Å². The third-order valence-corrected chi connectivity index (χ3v) is 2.96. The number of aromatic nitrogens is 2. The molecule has 2 N–H and O–H groups in total. The lowest BCUT2D eigenvalue weighted by Gasteiger charge is -2.30. The number of aldehydes is 1. The molecule has 0 spiro atoms. The summed E-state index contributed by atoms with van der Waals surface area (Å²) in [5, 5.41) is 0. The molecule has 0 bridgehead atoms. The van der Waals surface area contributed by atoms with Crippen molar-refractivity contribution in [2.24, 2.45) is 11.7 Å². The van der Waals surface area contributed by atoms with Gasteiger partial charge in [0.15, 0.2) is 0 Å². The first-order valence-corrected chi connectivity index (χ1v) is 5.53. The molecule has 0 aromatic carbocycles. The second kappa shape index (κ2) is 4.90. The predicted octanol–water partition coefficient (Wildman–Crippen LogP) is -0.00920. The van der Waals surface area contributed by atoms with Gasteiger partial charge in [-0.1, -0.05) is 0 Å². The van der Waals surface area contributed by atoms with E-state index in [1.807, 2.05) is 0 Å². The first-order valence-electron chi connectivity index (χ1n) is 5.53. The van der Waals surface area contributed by atoms with Crippen molar-refractivity contribution in [2.45, 2.75) is 12.8 Å². The minimum absolute atomic E-state index is 0.0246. The highest BCUT2D eigenvalue weighted by atomic mass is 16.1. The van der Waals surface area contributed by atoms with E-state index >= 15 is 0 Å². The number of hydrogen-bond donors (Lipinski definition) is 1. The summed E-state index contributed by atoms with van der Waals surface area (Å²) >= 11 is 0. The Kier molecular flexibility index (Phi) is 3.32. The van der Waals surface area contributed by atoms with Gasteiger partial charge in [0.25, 0.3) is 5.91 Å². The summed E-state index contributed by atoms with van der Waals surface area (Å²) in [6.07, 6.45) is 5.90. The van der Waals surface area contributed by atoms with Crippen molar-refractivity contribution in [3.63, 3.8) is 0 Å². The second-order valence-electron chi connectivity index (χ2n) is 4.09. The largest absolute Gasteiger partial charge is 0.369 e. The zero-order valence-corrected chi connectivity index (χ0v) is 9.37. The highest BCUT2D eigenvalue weighted by Gasteiger charge is 2.19. The maximum absolute atomic E-state index is 10.8. The zero-order valence-electron chi connectivity index (χ0n) is 9.37. The maximum Gasteiger partial charge on any atom is 0.286 e. The summed E-state index contributed by atoms with van der Waals surface area (Å²) < 4.78 is 0. The van der Waals surface area contributed by atoms with E-state index in [2.05, 4.69) is 14.9 Å². The van der Waals surface area contributed by atoms with Crippen molar-refractivity contribution < 1.29 is 9.59 Å². The Hall–Kier alpha value is -1.98. The molecule has 1 aromatic rings. The van der Waals surface area contributed by atoms with Gasteiger partial charge >= 0.3 is 0 Å². The van der Waals surface area contributed by atoms with Gasteiger partial charge in [0.05, 0.1) is 18.1 Å². The maximum atomic E-state index is 10.8. The summed E-state index contributed by atoms with van der Waals surface area (Å²) in [6, 6.07) is 0. The number of rotatable bonds is 3. The van der Waals surface area contributed by atoms with Gasteiger partial charge in [-0.25, -0.2) is 9.97 Å². The van der Waals surface area contributed by atoms with E-state index in [1.165, 1.54) is 0 Å². The molecular formula is C11H14N4O2. The molecule has 6 nitrogen and oxygen atoms in total. The number of nitrogens with two attached hydrogens (primary N) is 1. The van der Waals surface area contributed by atoms with Gasteiger partial charge in [0, 0.05) is 19.0 Å². The van der Waals surface area contributed by atoms with Gasteiger partial charge in [-0.15, -0.1) is 0 Å². The van der Waals surface area contributed by atoms with Crippen LogP contribution in [0, 0.1) is 5.92 Å². The third kappa shape index (κ3) is 2.58. The monoisotopic (exact) mass is 234 g/mol. The molecule has 1 aliphatic rings. The van der Waals surface area contributed by atoms with E-state index in [0.29, 0.717) is 0 Å². The highest BCUT2D eigenvalue weighted by molar-refractivity contribution is 5.88. The normalized spacial score (nSPS) is 16.8. The minimum Gasteiger partial charge on any atom is -0.369 e. The highest BCUT2D eigenvalue weighted by Crippen LogP contribution is 2.20. The fourth-order valence-corrected chi connectivity index (χ4v) is 1.91. The summed E-state index contributed by atoms with van der Waals surface area (Å²) in [6.45, 7) is 1.62. The van der Waals surface area contributed by atoms with Gasteiger partial charge in [-0.3, -0.25) is 4.79 Å². The lowest BCUT2D eigenvalue weighted by Crippen LogP contribution is -2.34. The average molecular weight is 234 g/mol. The Bertz CT molecular complexity index is 410. The van der Waals surface area contributed by atoms with Crippen LogP contribution in [-0.4, -0.2) is 35.3 Å². The van der Waals surface area contributed by atoms with E-state index in [4.69, 9.17) is 5.73 Å². The molecule has 0 aliphatic carbocycles. The molecule has 1 amide bonds. The lowest BCUT2D eigenvalue weighted by atomic mass is 9.98. The SMILES string of the molecule is NC(=O)c1ncc(N2CCC(C=O)CC2)cn1. The van der Waals surface area contributed by atoms with Crippen LogP contribution >= 0.6 is 0 Å². The van der Waals surface area contributed by atoms with Crippen LogP contribution < -0.4 is 10.6 Å². The van der Waals surface area contributed by atoms with Crippen molar-refractivity contribution in [1.82, 2.24) is 9.97 Å². The van der Waals surface area contributed by atoms with E-state index in [-0.39, 0.29) is 11.7 Å². The van der Waals surface area contributed by atoms with Crippen LogP contribution in [0.25, 0.3) is 0 Å². The van der Waals surface area contributed by atoms with Crippen molar-refractivity contribution in [3.05, 3.63) is 18.2 Å². The van der Waals surface area contributed by atoms with Crippen LogP contribution in [-0.2, 0) is 4.79 Å².